The third-order valence-corrected chi connectivity index (χ3v) is 3.16. The Balaban J connectivity index is 1.88. The van der Waals surface area contributed by atoms with Crippen molar-refractivity contribution in [1.29, 1.82) is 0 Å². The maximum absolute atomic E-state index is 10.7. The number of nitrogens with zero attached hydrogens (tertiary/aromatic N) is 4. The van der Waals surface area contributed by atoms with E-state index in [0.29, 0.717) is 17.2 Å². The molecule has 24 heavy (non-hydrogen) atoms. The molecular weight excluding hydrogens is 310 g/mol. The highest BCUT2D eigenvalue weighted by Crippen LogP contribution is 2.21. The Hall–Kier alpha value is -3.75. The molecule has 5 N–H and O–H groups in total. The summed E-state index contributed by atoms with van der Waals surface area (Å²) in [5.74, 6) is 0.691. The molecule has 0 saturated carbocycles. The first kappa shape index (κ1) is 15.2. The fourth-order valence-electron chi connectivity index (χ4n) is 2.01. The van der Waals surface area contributed by atoms with Gasteiger partial charge < -0.3 is 16.8 Å². The first-order valence-corrected chi connectivity index (χ1v) is 6.90. The number of nitrogens with one attached hydrogen (secondary N) is 1. The summed E-state index contributed by atoms with van der Waals surface area (Å²) < 4.78 is 0. The number of hydrogen-bond donors (Lipinski definition) is 3. The van der Waals surface area contributed by atoms with Crippen molar-refractivity contribution in [2.24, 2.45) is 0 Å². The van der Waals surface area contributed by atoms with Gasteiger partial charge in [-0.2, -0.15) is 15.0 Å². The summed E-state index contributed by atoms with van der Waals surface area (Å²) in [6.07, 6.45) is 0. The van der Waals surface area contributed by atoms with Crippen LogP contribution in [0, 0.1) is 10.1 Å². The van der Waals surface area contributed by atoms with Crippen LogP contribution in [0.4, 0.5) is 29.0 Å². The van der Waals surface area contributed by atoms with Gasteiger partial charge in [-0.15, -0.1) is 0 Å². The summed E-state index contributed by atoms with van der Waals surface area (Å²) >= 11 is 0. The Morgan fingerprint density at radius 2 is 1.58 bits per heavy atom. The maximum Gasteiger partial charge on any atom is 0.269 e. The predicted molar refractivity (Wildman–Crippen MR) is 90.5 cm³/mol. The lowest BCUT2D eigenvalue weighted by Gasteiger charge is -2.07. The molecule has 3 rings (SSSR count). The predicted octanol–water partition coefficient (Wildman–Crippen LogP) is 2.35. The monoisotopic (exact) mass is 323 g/mol. The third kappa shape index (κ3) is 3.35. The second kappa shape index (κ2) is 6.16. The number of nitrogens with two attached hydrogens (primary N) is 2. The van der Waals surface area contributed by atoms with Gasteiger partial charge in [0, 0.05) is 29.1 Å². The molecule has 0 spiro atoms. The summed E-state index contributed by atoms with van der Waals surface area (Å²) in [6, 6.07) is 12.9. The fraction of sp³-hybridized carbons (Fsp3) is 0. The summed E-state index contributed by atoms with van der Waals surface area (Å²) in [7, 11) is 0. The van der Waals surface area contributed by atoms with Crippen LogP contribution in [0.15, 0.2) is 48.5 Å². The van der Waals surface area contributed by atoms with Crippen LogP contribution in [0.3, 0.4) is 0 Å². The van der Waals surface area contributed by atoms with Crippen LogP contribution in [0.5, 0.6) is 0 Å². The number of nitro groups is 1. The molecule has 0 aliphatic heterocycles. The number of anilines is 4. The third-order valence-electron chi connectivity index (χ3n) is 3.16. The van der Waals surface area contributed by atoms with Gasteiger partial charge in [-0.3, -0.25) is 10.1 Å². The van der Waals surface area contributed by atoms with Crippen LogP contribution >= 0.6 is 0 Å². The Morgan fingerprint density at radius 3 is 2.21 bits per heavy atom. The molecule has 3 aromatic rings. The van der Waals surface area contributed by atoms with Gasteiger partial charge in [0.1, 0.15) is 0 Å². The van der Waals surface area contributed by atoms with Crippen molar-refractivity contribution < 1.29 is 4.92 Å². The largest absolute Gasteiger partial charge is 0.399 e. The number of rotatable bonds is 4. The van der Waals surface area contributed by atoms with Crippen molar-refractivity contribution in [3.8, 4) is 11.4 Å². The fourth-order valence-corrected chi connectivity index (χ4v) is 2.01. The van der Waals surface area contributed by atoms with E-state index in [9.17, 15) is 10.1 Å². The first-order valence-electron chi connectivity index (χ1n) is 6.90. The molecule has 120 valence electrons. The average molecular weight is 323 g/mol. The molecule has 2 aromatic carbocycles. The minimum Gasteiger partial charge on any atom is -0.399 e. The van der Waals surface area contributed by atoms with Gasteiger partial charge >= 0.3 is 0 Å². The number of non-ortho nitro benzene ring substituents is 1. The summed E-state index contributed by atoms with van der Waals surface area (Å²) in [5, 5.41) is 13.6. The smallest absolute Gasteiger partial charge is 0.269 e. The topological polar surface area (TPSA) is 146 Å². The van der Waals surface area contributed by atoms with Crippen molar-refractivity contribution in [2.75, 3.05) is 16.8 Å². The molecule has 1 heterocycles. The van der Waals surface area contributed by atoms with Gasteiger partial charge in [-0.25, -0.2) is 0 Å². The van der Waals surface area contributed by atoms with E-state index >= 15 is 0 Å². The van der Waals surface area contributed by atoms with Crippen LogP contribution in [-0.4, -0.2) is 19.9 Å². The second-order valence-electron chi connectivity index (χ2n) is 4.89. The quantitative estimate of drug-likeness (QED) is 0.376. The van der Waals surface area contributed by atoms with E-state index in [0.717, 1.165) is 5.56 Å². The molecule has 0 aliphatic rings. The zero-order valence-corrected chi connectivity index (χ0v) is 12.4. The zero-order valence-electron chi connectivity index (χ0n) is 12.4. The molecule has 0 atom stereocenters. The standard InChI is InChI=1S/C15H13N7O2/c16-10-3-1-9(2-4-10)13-19-14(17)21-15(20-13)18-11-5-7-12(8-6-11)22(23)24/h1-8H,16H2,(H3,17,18,19,20,21). The highest BCUT2D eigenvalue weighted by atomic mass is 16.6. The minimum atomic E-state index is -0.468. The first-order chi connectivity index (χ1) is 11.5. The Bertz CT molecular complexity index is 879. The molecule has 0 fully saturated rings. The van der Waals surface area contributed by atoms with E-state index in [-0.39, 0.29) is 17.6 Å². The van der Waals surface area contributed by atoms with E-state index < -0.39 is 4.92 Å². The summed E-state index contributed by atoms with van der Waals surface area (Å²) in [5.41, 5.74) is 13.4. The van der Waals surface area contributed by atoms with Crippen LogP contribution in [0.25, 0.3) is 11.4 Å². The van der Waals surface area contributed by atoms with E-state index in [1.807, 2.05) is 0 Å². The molecule has 0 saturated heterocycles. The molecule has 0 unspecified atom stereocenters. The van der Waals surface area contributed by atoms with Gasteiger partial charge in [0.25, 0.3) is 5.69 Å². The number of nitrogen functional groups attached to an aromatic ring is 2. The molecular formula is C15H13N7O2. The Morgan fingerprint density at radius 1 is 0.917 bits per heavy atom. The Kier molecular flexibility index (Phi) is 3.89. The second-order valence-corrected chi connectivity index (χ2v) is 4.89. The molecule has 0 amide bonds. The SMILES string of the molecule is Nc1ccc(-c2nc(N)nc(Nc3ccc([N+](=O)[O-])cc3)n2)cc1. The van der Waals surface area contributed by atoms with Gasteiger partial charge in [-0.1, -0.05) is 0 Å². The molecule has 9 nitrogen and oxygen atoms in total. The lowest BCUT2D eigenvalue weighted by molar-refractivity contribution is -0.384. The number of nitro benzene ring substituents is 1. The van der Waals surface area contributed by atoms with Crippen LogP contribution in [0.2, 0.25) is 0 Å². The highest BCUT2D eigenvalue weighted by Gasteiger charge is 2.09. The normalized spacial score (nSPS) is 10.3. The van der Waals surface area contributed by atoms with Gasteiger partial charge in [0.05, 0.1) is 4.92 Å². The summed E-state index contributed by atoms with van der Waals surface area (Å²) in [6.45, 7) is 0. The lowest BCUT2D eigenvalue weighted by atomic mass is 10.2. The van der Waals surface area contributed by atoms with Crippen LogP contribution in [-0.2, 0) is 0 Å². The number of hydrogen-bond acceptors (Lipinski definition) is 8. The van der Waals surface area contributed by atoms with Crippen molar-refractivity contribution in [3.05, 3.63) is 58.6 Å². The van der Waals surface area contributed by atoms with E-state index in [2.05, 4.69) is 20.3 Å². The van der Waals surface area contributed by atoms with Crippen molar-refractivity contribution >= 4 is 29.0 Å². The zero-order chi connectivity index (χ0) is 17.1. The Labute approximate surface area is 136 Å². The van der Waals surface area contributed by atoms with E-state index in [1.165, 1.54) is 12.1 Å². The molecule has 9 heteroatoms. The summed E-state index contributed by atoms with van der Waals surface area (Å²) in [4.78, 5) is 22.6. The van der Waals surface area contributed by atoms with Gasteiger partial charge in [0.2, 0.25) is 11.9 Å². The molecule has 0 radical (unpaired) electrons. The van der Waals surface area contributed by atoms with Gasteiger partial charge in [-0.05, 0) is 36.4 Å². The van der Waals surface area contributed by atoms with E-state index in [1.54, 1.807) is 36.4 Å². The highest BCUT2D eigenvalue weighted by molar-refractivity contribution is 5.62. The average Bonchev–Trinajstić information content (AvgIpc) is 2.55. The minimum absolute atomic E-state index is 0.00160. The van der Waals surface area contributed by atoms with E-state index in [4.69, 9.17) is 11.5 Å². The lowest BCUT2D eigenvalue weighted by Crippen LogP contribution is -2.05. The maximum atomic E-state index is 10.7. The van der Waals surface area contributed by atoms with Crippen LogP contribution < -0.4 is 16.8 Å². The van der Waals surface area contributed by atoms with Crippen molar-refractivity contribution in [3.63, 3.8) is 0 Å². The molecule has 1 aromatic heterocycles. The number of benzene rings is 2. The number of aromatic nitrogens is 3. The molecule has 0 bridgehead atoms. The molecule has 0 aliphatic carbocycles. The van der Waals surface area contributed by atoms with Crippen LogP contribution in [0.1, 0.15) is 0 Å². The van der Waals surface area contributed by atoms with Crippen molar-refractivity contribution in [2.45, 2.75) is 0 Å². The van der Waals surface area contributed by atoms with Crippen molar-refractivity contribution in [1.82, 2.24) is 15.0 Å². The van der Waals surface area contributed by atoms with Gasteiger partial charge in [0.15, 0.2) is 5.82 Å².